The highest BCUT2D eigenvalue weighted by atomic mass is 32.2. The summed E-state index contributed by atoms with van der Waals surface area (Å²) in [4.78, 5) is 1.28. The van der Waals surface area contributed by atoms with Crippen molar-refractivity contribution < 1.29 is 5.11 Å². The van der Waals surface area contributed by atoms with Crippen molar-refractivity contribution in [3.63, 3.8) is 0 Å². The number of hydrogen-bond acceptors (Lipinski definition) is 2. The summed E-state index contributed by atoms with van der Waals surface area (Å²) in [6.45, 7) is 4.47. The number of thioether (sulfide) groups is 1. The molecule has 1 aromatic rings. The Morgan fingerprint density at radius 3 is 2.53 bits per heavy atom. The molecule has 0 heterocycles. The highest BCUT2D eigenvalue weighted by molar-refractivity contribution is 8.00. The second kappa shape index (κ2) is 6.32. The Bertz CT molecular complexity index is 392. The van der Waals surface area contributed by atoms with Gasteiger partial charge >= 0.3 is 0 Å². The van der Waals surface area contributed by atoms with Gasteiger partial charge in [0.1, 0.15) is 0 Å². The Kier molecular flexibility index (Phi) is 4.97. The molecule has 1 N–H and O–H groups in total. The summed E-state index contributed by atoms with van der Waals surface area (Å²) in [6.07, 6.45) is 7.72. The van der Waals surface area contributed by atoms with Gasteiger partial charge in [0, 0.05) is 9.64 Å². The fourth-order valence-electron chi connectivity index (χ4n) is 3.13. The van der Waals surface area contributed by atoms with Crippen molar-refractivity contribution in [1.82, 2.24) is 0 Å². The van der Waals surface area contributed by atoms with Gasteiger partial charge in [-0.15, -0.1) is 11.8 Å². The first-order chi connectivity index (χ1) is 9.10. The minimum absolute atomic E-state index is 0.0399. The monoisotopic (exact) mass is 278 g/mol. The third kappa shape index (κ3) is 3.35. The van der Waals surface area contributed by atoms with Gasteiger partial charge in [0.15, 0.2) is 0 Å². The molecule has 0 saturated heterocycles. The van der Waals surface area contributed by atoms with Crippen LogP contribution in [0.15, 0.2) is 35.2 Å². The van der Waals surface area contributed by atoms with Crippen LogP contribution >= 0.6 is 11.8 Å². The summed E-state index contributed by atoms with van der Waals surface area (Å²) in [5, 5.41) is 11.2. The summed E-state index contributed by atoms with van der Waals surface area (Å²) in [5.41, 5.74) is -0.498. The van der Waals surface area contributed by atoms with Crippen LogP contribution in [-0.2, 0) is 0 Å². The Labute approximate surface area is 121 Å². The molecule has 1 aliphatic rings. The molecule has 19 heavy (non-hydrogen) atoms. The van der Waals surface area contributed by atoms with Crippen molar-refractivity contribution in [2.75, 3.05) is 0 Å². The fourth-order valence-corrected chi connectivity index (χ4v) is 4.58. The predicted molar refractivity (Wildman–Crippen MR) is 83.6 cm³/mol. The van der Waals surface area contributed by atoms with Crippen molar-refractivity contribution in [2.45, 2.75) is 74.0 Å². The molecule has 2 heteroatoms. The zero-order valence-electron chi connectivity index (χ0n) is 12.2. The summed E-state index contributed by atoms with van der Waals surface area (Å²) in [7, 11) is 0. The van der Waals surface area contributed by atoms with E-state index in [1.54, 1.807) is 0 Å². The van der Waals surface area contributed by atoms with E-state index in [2.05, 4.69) is 44.2 Å². The summed E-state index contributed by atoms with van der Waals surface area (Å²) < 4.78 is -0.0399. The maximum Gasteiger partial charge on any atom is 0.0794 e. The molecular weight excluding hydrogens is 252 g/mol. The molecule has 0 amide bonds. The van der Waals surface area contributed by atoms with Crippen LogP contribution in [0.3, 0.4) is 0 Å². The van der Waals surface area contributed by atoms with Crippen molar-refractivity contribution in [3.8, 4) is 0 Å². The lowest BCUT2D eigenvalue weighted by Crippen LogP contribution is -2.52. The average molecular weight is 278 g/mol. The van der Waals surface area contributed by atoms with E-state index in [1.807, 2.05) is 11.8 Å². The van der Waals surface area contributed by atoms with Gasteiger partial charge in [0.2, 0.25) is 0 Å². The number of aliphatic hydroxyl groups is 1. The van der Waals surface area contributed by atoms with Gasteiger partial charge in [-0.05, 0) is 38.3 Å². The second-order valence-corrected chi connectivity index (χ2v) is 7.56. The van der Waals surface area contributed by atoms with Gasteiger partial charge in [-0.2, -0.15) is 0 Å². The maximum atomic E-state index is 11.2. The lowest BCUT2D eigenvalue weighted by Gasteiger charge is -2.48. The lowest BCUT2D eigenvalue weighted by atomic mass is 9.73. The Balaban J connectivity index is 2.16. The smallest absolute Gasteiger partial charge is 0.0794 e. The third-order valence-corrected chi connectivity index (χ3v) is 6.05. The highest BCUT2D eigenvalue weighted by Crippen LogP contribution is 2.51. The number of hydrogen-bond donors (Lipinski definition) is 1. The van der Waals surface area contributed by atoms with Crippen molar-refractivity contribution in [1.29, 1.82) is 0 Å². The largest absolute Gasteiger partial charge is 0.388 e. The van der Waals surface area contributed by atoms with Gasteiger partial charge in [0.05, 0.1) is 5.60 Å². The molecule has 1 aliphatic carbocycles. The second-order valence-electron chi connectivity index (χ2n) is 5.99. The summed E-state index contributed by atoms with van der Waals surface area (Å²) in [6, 6.07) is 10.5. The van der Waals surface area contributed by atoms with E-state index in [1.165, 1.54) is 17.7 Å². The molecular formula is C17H26OS. The van der Waals surface area contributed by atoms with Crippen molar-refractivity contribution >= 4 is 11.8 Å². The van der Waals surface area contributed by atoms with E-state index < -0.39 is 5.60 Å². The van der Waals surface area contributed by atoms with Crippen LogP contribution < -0.4 is 0 Å². The Morgan fingerprint density at radius 1 is 1.16 bits per heavy atom. The molecule has 106 valence electrons. The molecule has 1 nitrogen and oxygen atoms in total. The van der Waals surface area contributed by atoms with Crippen LogP contribution in [-0.4, -0.2) is 15.5 Å². The molecule has 0 aromatic heterocycles. The van der Waals surface area contributed by atoms with E-state index >= 15 is 0 Å². The minimum atomic E-state index is -0.498. The molecule has 0 aliphatic heterocycles. The third-order valence-electron chi connectivity index (χ3n) is 4.51. The number of rotatable bonds is 5. The molecule has 1 saturated carbocycles. The van der Waals surface area contributed by atoms with E-state index in [0.717, 1.165) is 32.1 Å². The molecule has 0 radical (unpaired) electrons. The molecule has 0 spiro atoms. The van der Waals surface area contributed by atoms with Crippen LogP contribution in [0, 0.1) is 0 Å². The molecule has 2 rings (SSSR count). The average Bonchev–Trinajstić information content (AvgIpc) is 2.41. The molecule has 2 atom stereocenters. The normalized spacial score (nSPS) is 31.3. The van der Waals surface area contributed by atoms with Gasteiger partial charge in [-0.25, -0.2) is 0 Å². The first-order valence-corrected chi connectivity index (χ1v) is 8.38. The van der Waals surface area contributed by atoms with Gasteiger partial charge in [-0.1, -0.05) is 50.8 Å². The molecule has 1 fully saturated rings. The first-order valence-electron chi connectivity index (χ1n) is 7.56. The van der Waals surface area contributed by atoms with Gasteiger partial charge in [-0.3, -0.25) is 0 Å². The highest BCUT2D eigenvalue weighted by Gasteiger charge is 2.48. The van der Waals surface area contributed by atoms with Crippen LogP contribution in [0.2, 0.25) is 0 Å². The Morgan fingerprint density at radius 2 is 1.84 bits per heavy atom. The zero-order valence-corrected chi connectivity index (χ0v) is 13.0. The fraction of sp³-hybridized carbons (Fsp3) is 0.647. The van der Waals surface area contributed by atoms with Crippen molar-refractivity contribution in [3.05, 3.63) is 30.3 Å². The SMILES string of the molecule is CCCCC1(O)CCCCC1(C)Sc1ccccc1. The minimum Gasteiger partial charge on any atom is -0.388 e. The lowest BCUT2D eigenvalue weighted by molar-refractivity contribution is -0.0323. The van der Waals surface area contributed by atoms with Crippen molar-refractivity contribution in [2.24, 2.45) is 0 Å². The van der Waals surface area contributed by atoms with E-state index in [9.17, 15) is 5.11 Å². The Hall–Kier alpha value is -0.470. The summed E-state index contributed by atoms with van der Waals surface area (Å²) >= 11 is 1.87. The van der Waals surface area contributed by atoms with Gasteiger partial charge in [0.25, 0.3) is 0 Å². The quantitative estimate of drug-likeness (QED) is 0.815. The number of unbranched alkanes of at least 4 members (excludes halogenated alkanes) is 1. The molecule has 0 bridgehead atoms. The summed E-state index contributed by atoms with van der Waals surface area (Å²) in [5.74, 6) is 0. The van der Waals surface area contributed by atoms with Crippen LogP contribution in [0.25, 0.3) is 0 Å². The van der Waals surface area contributed by atoms with Crippen LogP contribution in [0.4, 0.5) is 0 Å². The topological polar surface area (TPSA) is 20.2 Å². The van der Waals surface area contributed by atoms with Gasteiger partial charge < -0.3 is 5.11 Å². The van der Waals surface area contributed by atoms with E-state index in [0.29, 0.717) is 0 Å². The molecule has 1 aromatic carbocycles. The van der Waals surface area contributed by atoms with Crippen LogP contribution in [0.5, 0.6) is 0 Å². The first kappa shape index (κ1) is 14.9. The zero-order chi connectivity index (χ0) is 13.8. The molecule has 2 unspecified atom stereocenters. The number of benzene rings is 1. The predicted octanol–water partition coefficient (Wildman–Crippen LogP) is 5.03. The van der Waals surface area contributed by atoms with E-state index in [4.69, 9.17) is 0 Å². The standard InChI is InChI=1S/C17H26OS/c1-3-4-13-17(18)14-9-8-12-16(17,2)19-15-10-6-5-7-11-15/h5-7,10-11,18H,3-4,8-9,12-14H2,1-2H3. The van der Waals surface area contributed by atoms with Crippen LogP contribution in [0.1, 0.15) is 58.8 Å². The maximum absolute atomic E-state index is 11.2. The van der Waals surface area contributed by atoms with E-state index in [-0.39, 0.29) is 4.75 Å².